The minimum Gasteiger partial charge on any atom is -0.480 e. The lowest BCUT2D eigenvalue weighted by Crippen LogP contribution is -2.53. The molecule has 0 saturated carbocycles. The summed E-state index contributed by atoms with van der Waals surface area (Å²) in [4.78, 5) is 88.8. The van der Waals surface area contributed by atoms with E-state index in [1.165, 1.54) is 52.4 Å². The van der Waals surface area contributed by atoms with Crippen molar-refractivity contribution in [2.24, 2.45) is 11.8 Å². The normalized spacial score (nSPS) is 14.5. The maximum atomic E-state index is 13.7. The summed E-state index contributed by atoms with van der Waals surface area (Å²) < 4.78 is 6.05. The number of ketones is 4. The van der Waals surface area contributed by atoms with E-state index in [0.717, 1.165) is 38.5 Å². The fourth-order valence-electron chi connectivity index (χ4n) is 6.26. The zero-order chi connectivity index (χ0) is 39.7. The highest BCUT2D eigenvalue weighted by Crippen LogP contribution is 2.21. The summed E-state index contributed by atoms with van der Waals surface area (Å²) >= 11 is 0. The molecule has 0 bridgehead atoms. The summed E-state index contributed by atoms with van der Waals surface area (Å²) in [6, 6.07) is -2.54. The molecule has 11 nitrogen and oxygen atoms in total. The van der Waals surface area contributed by atoms with Crippen molar-refractivity contribution < 1.29 is 43.4 Å². The first-order valence-electron chi connectivity index (χ1n) is 20.0. The SMILES string of the molecule is CCCCCCCCCCCC(=O)CCCC(=O)C[C@@H](CCCCC)C(=O)N[C@H](C(=O)C[C@@H](C)C(=O)N[C@@H](CC(C)=O)C(=O)O)[C@@H](C)OC(C)(C)C. The van der Waals surface area contributed by atoms with E-state index < -0.39 is 65.0 Å². The van der Waals surface area contributed by atoms with E-state index in [-0.39, 0.29) is 37.2 Å². The fourth-order valence-corrected chi connectivity index (χ4v) is 6.26. The zero-order valence-corrected chi connectivity index (χ0v) is 33.7. The van der Waals surface area contributed by atoms with Crippen molar-refractivity contribution in [3.8, 4) is 0 Å². The van der Waals surface area contributed by atoms with Crippen molar-refractivity contribution in [1.29, 1.82) is 0 Å². The number of amides is 2. The highest BCUT2D eigenvalue weighted by molar-refractivity contribution is 5.95. The minimum atomic E-state index is -1.42. The Kier molecular flexibility index (Phi) is 26.1. The van der Waals surface area contributed by atoms with Gasteiger partial charge < -0.3 is 20.5 Å². The molecule has 11 heteroatoms. The second-order valence-electron chi connectivity index (χ2n) is 15.7. The third-order valence-electron chi connectivity index (χ3n) is 9.19. The van der Waals surface area contributed by atoms with Crippen LogP contribution in [0.3, 0.4) is 0 Å². The average molecular weight is 737 g/mol. The van der Waals surface area contributed by atoms with Gasteiger partial charge in [-0.25, -0.2) is 4.79 Å². The van der Waals surface area contributed by atoms with Gasteiger partial charge in [0.1, 0.15) is 29.4 Å². The van der Waals surface area contributed by atoms with E-state index in [1.54, 1.807) is 6.92 Å². The molecule has 5 atom stereocenters. The Hall–Kier alpha value is -2.95. The molecule has 0 aliphatic rings. The largest absolute Gasteiger partial charge is 0.480 e. The second-order valence-corrected chi connectivity index (χ2v) is 15.7. The Morgan fingerprint density at radius 2 is 1.15 bits per heavy atom. The maximum absolute atomic E-state index is 13.7. The molecule has 0 aliphatic heterocycles. The molecule has 0 aromatic heterocycles. The van der Waals surface area contributed by atoms with Crippen molar-refractivity contribution in [1.82, 2.24) is 10.6 Å². The molecule has 300 valence electrons. The van der Waals surface area contributed by atoms with E-state index in [4.69, 9.17) is 4.74 Å². The highest BCUT2D eigenvalue weighted by Gasteiger charge is 2.35. The molecule has 0 radical (unpaired) electrons. The number of hydrogen-bond donors (Lipinski definition) is 3. The van der Waals surface area contributed by atoms with Crippen LogP contribution in [0.4, 0.5) is 0 Å². The summed E-state index contributed by atoms with van der Waals surface area (Å²) in [6.07, 6.45) is 13.7. The second kappa shape index (κ2) is 27.6. The molecule has 0 heterocycles. The van der Waals surface area contributed by atoms with Crippen molar-refractivity contribution in [3.63, 3.8) is 0 Å². The van der Waals surface area contributed by atoms with Crippen LogP contribution in [0.1, 0.15) is 184 Å². The van der Waals surface area contributed by atoms with Crippen LogP contribution < -0.4 is 10.6 Å². The number of carbonyl (C=O) groups is 7. The Balaban J connectivity index is 5.38. The lowest BCUT2D eigenvalue weighted by atomic mass is 9.91. The summed E-state index contributed by atoms with van der Waals surface area (Å²) in [7, 11) is 0. The summed E-state index contributed by atoms with van der Waals surface area (Å²) in [5.41, 5.74) is -0.658. The van der Waals surface area contributed by atoms with Gasteiger partial charge in [0.05, 0.1) is 11.7 Å². The molecular formula is C41H72N2O9. The van der Waals surface area contributed by atoms with Crippen molar-refractivity contribution in [2.75, 3.05) is 0 Å². The van der Waals surface area contributed by atoms with Gasteiger partial charge in [-0.15, -0.1) is 0 Å². The van der Waals surface area contributed by atoms with Gasteiger partial charge >= 0.3 is 5.97 Å². The van der Waals surface area contributed by atoms with Crippen molar-refractivity contribution in [2.45, 2.75) is 208 Å². The van der Waals surface area contributed by atoms with Gasteiger partial charge in [0.25, 0.3) is 0 Å². The lowest BCUT2D eigenvalue weighted by molar-refractivity contribution is -0.144. The lowest BCUT2D eigenvalue weighted by Gasteiger charge is -2.32. The number of carboxylic acid groups (broad SMARTS) is 1. The first-order chi connectivity index (χ1) is 24.4. The summed E-state index contributed by atoms with van der Waals surface area (Å²) in [5.74, 6) is -4.94. The van der Waals surface area contributed by atoms with Crippen LogP contribution in [0, 0.1) is 11.8 Å². The molecule has 0 fully saturated rings. The minimum absolute atomic E-state index is 0.00292. The number of unbranched alkanes of at least 4 members (excludes halogenated alkanes) is 10. The number of nitrogens with one attached hydrogen (secondary N) is 2. The highest BCUT2D eigenvalue weighted by atomic mass is 16.5. The van der Waals surface area contributed by atoms with Crippen LogP contribution in [0.25, 0.3) is 0 Å². The monoisotopic (exact) mass is 737 g/mol. The molecule has 0 unspecified atom stereocenters. The van der Waals surface area contributed by atoms with Gasteiger partial charge in [0, 0.05) is 50.4 Å². The predicted molar refractivity (Wildman–Crippen MR) is 204 cm³/mol. The summed E-state index contributed by atoms with van der Waals surface area (Å²) in [5, 5.41) is 14.6. The molecule has 0 saturated heterocycles. The van der Waals surface area contributed by atoms with Gasteiger partial charge in [0.15, 0.2) is 5.78 Å². The van der Waals surface area contributed by atoms with Gasteiger partial charge in [-0.05, 0) is 53.9 Å². The molecule has 3 N–H and O–H groups in total. The number of aliphatic carboxylic acids is 1. The first-order valence-corrected chi connectivity index (χ1v) is 20.0. The summed E-state index contributed by atoms with van der Waals surface area (Å²) in [6.45, 7) is 14.1. The average Bonchev–Trinajstić information content (AvgIpc) is 3.04. The molecule has 52 heavy (non-hydrogen) atoms. The Morgan fingerprint density at radius 1 is 0.635 bits per heavy atom. The van der Waals surface area contributed by atoms with Gasteiger partial charge in [0.2, 0.25) is 11.8 Å². The van der Waals surface area contributed by atoms with Gasteiger partial charge in [-0.1, -0.05) is 91.4 Å². The molecule has 0 aliphatic carbocycles. The number of carboxylic acids is 1. The third-order valence-corrected chi connectivity index (χ3v) is 9.19. The Morgan fingerprint density at radius 3 is 1.69 bits per heavy atom. The van der Waals surface area contributed by atoms with Crippen molar-refractivity contribution in [3.05, 3.63) is 0 Å². The van der Waals surface area contributed by atoms with Crippen LogP contribution >= 0.6 is 0 Å². The van der Waals surface area contributed by atoms with Crippen LogP contribution in [-0.2, 0) is 38.3 Å². The maximum Gasteiger partial charge on any atom is 0.326 e. The van der Waals surface area contributed by atoms with E-state index in [1.807, 2.05) is 27.7 Å². The van der Waals surface area contributed by atoms with E-state index in [2.05, 4.69) is 17.6 Å². The predicted octanol–water partition coefficient (Wildman–Crippen LogP) is 7.63. The molecule has 0 rings (SSSR count). The third kappa shape index (κ3) is 24.3. The standard InChI is InChI=1S/C41H72N2O9/c1-9-11-13-14-15-16-17-18-20-23-33(45)24-21-25-34(46)28-32(22-19-12-10-2)39(49)43-37(31(5)52-41(6,7)8)36(47)26-29(3)38(48)42-35(40(50)51)27-30(4)44/h29,31-32,35,37H,9-28H2,1-8H3,(H,42,48)(H,43,49)(H,50,51)/t29-,31-,32-,35+,37+/m1/s1. The van der Waals surface area contributed by atoms with E-state index in [0.29, 0.717) is 25.7 Å². The zero-order valence-electron chi connectivity index (χ0n) is 33.7. The molecule has 2 amide bonds. The van der Waals surface area contributed by atoms with E-state index in [9.17, 15) is 38.7 Å². The van der Waals surface area contributed by atoms with Crippen LogP contribution in [0.5, 0.6) is 0 Å². The van der Waals surface area contributed by atoms with Gasteiger partial charge in [-0.2, -0.15) is 0 Å². The first kappa shape index (κ1) is 49.0. The number of rotatable bonds is 32. The van der Waals surface area contributed by atoms with Crippen LogP contribution in [-0.4, -0.2) is 69.8 Å². The number of ether oxygens (including phenoxy) is 1. The van der Waals surface area contributed by atoms with Crippen molar-refractivity contribution >= 4 is 40.9 Å². The van der Waals surface area contributed by atoms with Gasteiger partial charge in [-0.3, -0.25) is 28.8 Å². The Bertz CT molecular complexity index is 1110. The molecule has 0 aromatic rings. The van der Waals surface area contributed by atoms with E-state index >= 15 is 0 Å². The number of Topliss-reactive ketones (excluding diaryl/α,β-unsaturated/α-hetero) is 4. The topological polar surface area (TPSA) is 173 Å². The number of carbonyl (C=O) groups excluding carboxylic acids is 6. The quantitative estimate of drug-likeness (QED) is 0.0587. The van der Waals surface area contributed by atoms with Crippen LogP contribution in [0.2, 0.25) is 0 Å². The van der Waals surface area contributed by atoms with Crippen LogP contribution in [0.15, 0.2) is 0 Å². The number of hydrogen-bond acceptors (Lipinski definition) is 8. The smallest absolute Gasteiger partial charge is 0.326 e. The fraction of sp³-hybridized carbons (Fsp3) is 0.829. The molecule has 0 spiro atoms. The molecule has 0 aromatic carbocycles. The Labute approximate surface area is 313 Å². The molecular weight excluding hydrogens is 664 g/mol.